The molecule has 2 bridgehead atoms. The van der Waals surface area contributed by atoms with Crippen LogP contribution in [0.1, 0.15) is 37.3 Å². The van der Waals surface area contributed by atoms with Crippen LogP contribution in [0.4, 0.5) is 17.6 Å². The molecule has 0 aromatic heterocycles. The molecule has 2 aromatic carbocycles. The second-order valence-corrected chi connectivity index (χ2v) is 10.9. The first kappa shape index (κ1) is 26.8. The number of benzene rings is 2. The smallest absolute Gasteiger partial charge is 0.401 e. The number of amides is 2. The third-order valence-corrected chi connectivity index (χ3v) is 7.53. The van der Waals surface area contributed by atoms with E-state index in [0.29, 0.717) is 35.6 Å². The largest absolute Gasteiger partial charge is 0.484 e. The van der Waals surface area contributed by atoms with Crippen molar-refractivity contribution in [3.05, 3.63) is 57.8 Å². The standard InChI is InChI=1S/C25H23Cl2F4N3O4/c26-13-1-4-19-15(5-13)18(32-12-25(29,30)31)7-20(38-19)22(36)34-24-9-23(10-24,11-24)33-21(35)8-37-14-2-3-16(27)17(28)6-14/h1-6,18,20,32H,7-12H2,(H,33,35)(H,34,36)/t18-,20+,23?,24?/m1/s1. The molecule has 3 saturated carbocycles. The summed E-state index contributed by atoms with van der Waals surface area (Å²) < 4.78 is 63.1. The molecule has 0 unspecified atom stereocenters. The van der Waals surface area contributed by atoms with Gasteiger partial charge in [0.05, 0.1) is 11.6 Å². The minimum Gasteiger partial charge on any atom is -0.484 e. The fourth-order valence-corrected chi connectivity index (χ4v) is 5.77. The number of carbonyl (C=O) groups is 2. The number of carbonyl (C=O) groups excluding carboxylic acids is 2. The zero-order valence-electron chi connectivity index (χ0n) is 19.8. The zero-order valence-corrected chi connectivity index (χ0v) is 21.3. The summed E-state index contributed by atoms with van der Waals surface area (Å²) in [6, 6.07) is 7.70. The van der Waals surface area contributed by atoms with Gasteiger partial charge in [0.15, 0.2) is 12.7 Å². The molecule has 1 aliphatic heterocycles. The van der Waals surface area contributed by atoms with E-state index >= 15 is 0 Å². The summed E-state index contributed by atoms with van der Waals surface area (Å²) in [5, 5.41) is 8.60. The summed E-state index contributed by atoms with van der Waals surface area (Å²) in [5.41, 5.74) is -0.517. The lowest BCUT2D eigenvalue weighted by Gasteiger charge is -2.70. The van der Waals surface area contributed by atoms with Gasteiger partial charge in [-0.2, -0.15) is 13.2 Å². The summed E-state index contributed by atoms with van der Waals surface area (Å²) in [4.78, 5) is 25.4. The molecule has 13 heteroatoms. The lowest BCUT2D eigenvalue weighted by molar-refractivity contribution is -0.154. The highest BCUT2D eigenvalue weighted by Crippen LogP contribution is 2.60. The zero-order chi connectivity index (χ0) is 27.3. The molecule has 0 spiro atoms. The number of fused-ring (bicyclic) bond motifs is 1. The maximum atomic E-state index is 13.5. The first-order chi connectivity index (χ1) is 17.8. The van der Waals surface area contributed by atoms with Gasteiger partial charge in [0.1, 0.15) is 17.3 Å². The number of hydrogen-bond donors (Lipinski definition) is 3. The summed E-state index contributed by atoms with van der Waals surface area (Å²) in [5.74, 6) is -1.01. The molecular formula is C25H23Cl2F4N3O4. The molecule has 38 heavy (non-hydrogen) atoms. The summed E-state index contributed by atoms with van der Waals surface area (Å²) in [6.07, 6.45) is -3.92. The number of alkyl halides is 3. The van der Waals surface area contributed by atoms with Gasteiger partial charge in [-0.15, -0.1) is 0 Å². The normalized spacial score (nSPS) is 27.2. The summed E-state index contributed by atoms with van der Waals surface area (Å²) in [7, 11) is 0. The van der Waals surface area contributed by atoms with E-state index in [-0.39, 0.29) is 29.7 Å². The minimum atomic E-state index is -4.42. The molecule has 2 amide bonds. The summed E-state index contributed by atoms with van der Waals surface area (Å²) in [6.45, 7) is -1.53. The second-order valence-electron chi connectivity index (χ2n) is 10.1. The molecule has 3 N–H and O–H groups in total. The van der Waals surface area contributed by atoms with Gasteiger partial charge in [-0.3, -0.25) is 9.59 Å². The molecule has 0 saturated heterocycles. The van der Waals surface area contributed by atoms with Crippen molar-refractivity contribution in [3.63, 3.8) is 0 Å². The van der Waals surface area contributed by atoms with Gasteiger partial charge >= 0.3 is 6.18 Å². The van der Waals surface area contributed by atoms with Crippen LogP contribution in [0.2, 0.25) is 10.0 Å². The third-order valence-electron chi connectivity index (χ3n) is 6.99. The topological polar surface area (TPSA) is 88.7 Å². The van der Waals surface area contributed by atoms with Gasteiger partial charge in [-0.25, -0.2) is 4.39 Å². The number of ether oxygens (including phenoxy) is 2. The van der Waals surface area contributed by atoms with E-state index in [2.05, 4.69) is 16.0 Å². The van der Waals surface area contributed by atoms with E-state index in [4.69, 9.17) is 32.7 Å². The van der Waals surface area contributed by atoms with Crippen LogP contribution in [-0.2, 0) is 9.59 Å². The van der Waals surface area contributed by atoms with E-state index < -0.39 is 47.7 Å². The lowest BCUT2D eigenvalue weighted by Crippen LogP contribution is -2.84. The van der Waals surface area contributed by atoms with Crippen molar-refractivity contribution < 1.29 is 36.6 Å². The number of halogens is 6. The van der Waals surface area contributed by atoms with Crippen LogP contribution >= 0.6 is 23.2 Å². The Bertz CT molecular complexity index is 1260. The Labute approximate surface area is 225 Å². The number of nitrogens with one attached hydrogen (secondary N) is 3. The Morgan fingerprint density at radius 2 is 1.76 bits per heavy atom. The fourth-order valence-electron chi connectivity index (χ4n) is 5.48. The summed E-state index contributed by atoms with van der Waals surface area (Å²) >= 11 is 11.6. The molecular weight excluding hydrogens is 553 g/mol. The predicted octanol–water partition coefficient (Wildman–Crippen LogP) is 4.46. The van der Waals surface area contributed by atoms with E-state index in [1.807, 2.05) is 0 Å². The van der Waals surface area contributed by atoms with Gasteiger partial charge in [0, 0.05) is 40.2 Å². The van der Waals surface area contributed by atoms with E-state index in [0.717, 1.165) is 6.07 Å². The Morgan fingerprint density at radius 1 is 1.05 bits per heavy atom. The maximum Gasteiger partial charge on any atom is 0.401 e. The quantitative estimate of drug-likeness (QED) is 0.404. The molecule has 3 aliphatic carbocycles. The van der Waals surface area contributed by atoms with Crippen LogP contribution in [0.25, 0.3) is 0 Å². The van der Waals surface area contributed by atoms with Crippen molar-refractivity contribution in [3.8, 4) is 11.5 Å². The highest BCUT2D eigenvalue weighted by Gasteiger charge is 2.69. The highest BCUT2D eigenvalue weighted by atomic mass is 35.5. The molecule has 6 rings (SSSR count). The Morgan fingerprint density at radius 3 is 2.45 bits per heavy atom. The Hall–Kier alpha value is -2.76. The number of hydrogen-bond acceptors (Lipinski definition) is 5. The molecule has 2 atom stereocenters. The Kier molecular flexibility index (Phi) is 6.90. The van der Waals surface area contributed by atoms with Gasteiger partial charge in [-0.1, -0.05) is 23.2 Å². The SMILES string of the molecule is O=C(COc1ccc(Cl)c(F)c1)NC12CC(NC(=O)[C@@H]3C[C@@H](NCC(F)(F)F)c4cc(Cl)ccc4O3)(C1)C2. The average Bonchev–Trinajstić information content (AvgIpc) is 2.80. The maximum absolute atomic E-state index is 13.5. The van der Waals surface area contributed by atoms with Crippen molar-refractivity contribution in [1.29, 1.82) is 0 Å². The molecule has 1 heterocycles. The minimum absolute atomic E-state index is 0.00412. The van der Waals surface area contributed by atoms with Crippen molar-refractivity contribution >= 4 is 35.0 Å². The van der Waals surface area contributed by atoms with Crippen LogP contribution in [0.3, 0.4) is 0 Å². The van der Waals surface area contributed by atoms with Crippen LogP contribution in [0.5, 0.6) is 11.5 Å². The second kappa shape index (κ2) is 9.77. The van der Waals surface area contributed by atoms with Gasteiger partial charge in [-0.05, 0) is 49.6 Å². The van der Waals surface area contributed by atoms with Crippen molar-refractivity contribution in [2.75, 3.05) is 13.2 Å². The average molecular weight is 576 g/mol. The van der Waals surface area contributed by atoms with Gasteiger partial charge < -0.3 is 25.4 Å². The highest BCUT2D eigenvalue weighted by molar-refractivity contribution is 6.31. The van der Waals surface area contributed by atoms with Crippen molar-refractivity contribution in [1.82, 2.24) is 16.0 Å². The molecule has 3 fully saturated rings. The molecule has 7 nitrogen and oxygen atoms in total. The van der Waals surface area contributed by atoms with E-state index in [9.17, 15) is 27.2 Å². The molecule has 0 radical (unpaired) electrons. The van der Waals surface area contributed by atoms with Crippen LogP contribution < -0.4 is 25.4 Å². The van der Waals surface area contributed by atoms with E-state index in [1.165, 1.54) is 24.3 Å². The third kappa shape index (κ3) is 5.64. The fraction of sp³-hybridized carbons (Fsp3) is 0.440. The molecule has 4 aliphatic rings. The molecule has 2 aromatic rings. The van der Waals surface area contributed by atoms with Crippen LogP contribution in [0.15, 0.2) is 36.4 Å². The monoisotopic (exact) mass is 575 g/mol. The first-order valence-corrected chi connectivity index (χ1v) is 12.6. The van der Waals surface area contributed by atoms with Crippen molar-refractivity contribution in [2.24, 2.45) is 0 Å². The Balaban J connectivity index is 1.13. The van der Waals surface area contributed by atoms with Crippen LogP contribution in [0, 0.1) is 5.82 Å². The predicted molar refractivity (Wildman–Crippen MR) is 130 cm³/mol. The van der Waals surface area contributed by atoms with Gasteiger partial charge in [0.25, 0.3) is 11.8 Å². The first-order valence-electron chi connectivity index (χ1n) is 11.8. The van der Waals surface area contributed by atoms with Crippen LogP contribution in [-0.4, -0.2) is 48.3 Å². The van der Waals surface area contributed by atoms with Gasteiger partial charge in [0.2, 0.25) is 0 Å². The van der Waals surface area contributed by atoms with Crippen molar-refractivity contribution in [2.45, 2.75) is 55.1 Å². The lowest BCUT2D eigenvalue weighted by atomic mass is 9.44. The molecule has 204 valence electrons. The number of rotatable bonds is 8. The van der Waals surface area contributed by atoms with E-state index in [1.54, 1.807) is 6.07 Å².